The summed E-state index contributed by atoms with van der Waals surface area (Å²) in [5.41, 5.74) is 0.202. The normalized spacial score (nSPS) is 11.7. The quantitative estimate of drug-likeness (QED) is 0.653. The van der Waals surface area contributed by atoms with Crippen LogP contribution < -0.4 is 5.32 Å². The second kappa shape index (κ2) is 10.0. The largest absolute Gasteiger partial charge is 0.342 e. The van der Waals surface area contributed by atoms with Crippen molar-refractivity contribution in [1.29, 1.82) is 0 Å². The number of carbonyl (C=O) groups excluding carboxylic acids is 2. The maximum Gasteiger partial charge on any atom is 0.242 e. The fourth-order valence-corrected chi connectivity index (χ4v) is 3.46. The van der Waals surface area contributed by atoms with Crippen LogP contribution in [0.15, 0.2) is 23.1 Å². The fourth-order valence-electron chi connectivity index (χ4n) is 2.37. The summed E-state index contributed by atoms with van der Waals surface area (Å²) in [6.07, 6.45) is 0. The summed E-state index contributed by atoms with van der Waals surface area (Å²) in [5.74, 6) is -0.460. The molecule has 0 saturated carbocycles. The fraction of sp³-hybridized carbons (Fsp3) is 0.529. The molecule has 0 aliphatic rings. The second-order valence-electron chi connectivity index (χ2n) is 6.22. The molecule has 0 aliphatic carbocycles. The highest BCUT2D eigenvalue weighted by atomic mass is 35.5. The molecule has 2 amide bonds. The lowest BCUT2D eigenvalue weighted by molar-refractivity contribution is -0.132. The molecular formula is C17H27ClN4O4S. The number of hydrogen-bond acceptors (Lipinski definition) is 5. The average molecular weight is 419 g/mol. The molecule has 8 nitrogen and oxygen atoms in total. The van der Waals surface area contributed by atoms with E-state index in [2.05, 4.69) is 5.32 Å². The minimum absolute atomic E-state index is 0.0252. The molecule has 0 spiro atoms. The minimum Gasteiger partial charge on any atom is -0.342 e. The van der Waals surface area contributed by atoms with Gasteiger partial charge in [0.1, 0.15) is 0 Å². The molecule has 10 heteroatoms. The third kappa shape index (κ3) is 6.46. The van der Waals surface area contributed by atoms with E-state index in [1.54, 1.807) is 16.8 Å². The molecule has 0 fully saturated rings. The van der Waals surface area contributed by atoms with E-state index in [1.165, 1.54) is 32.3 Å². The Hall–Kier alpha value is -1.68. The monoisotopic (exact) mass is 418 g/mol. The van der Waals surface area contributed by atoms with Gasteiger partial charge < -0.3 is 10.2 Å². The van der Waals surface area contributed by atoms with Gasteiger partial charge in [-0.1, -0.05) is 11.6 Å². The summed E-state index contributed by atoms with van der Waals surface area (Å²) in [4.78, 5) is 27.6. The Morgan fingerprint density at radius 2 is 1.67 bits per heavy atom. The van der Waals surface area contributed by atoms with Crippen molar-refractivity contribution in [1.82, 2.24) is 14.1 Å². The number of hydrogen-bond donors (Lipinski definition) is 1. The number of rotatable bonds is 9. The Kier molecular flexibility index (Phi) is 8.67. The first-order chi connectivity index (χ1) is 12.5. The topological polar surface area (TPSA) is 90.0 Å². The summed E-state index contributed by atoms with van der Waals surface area (Å²) >= 11 is 6.07. The van der Waals surface area contributed by atoms with Gasteiger partial charge in [-0.05, 0) is 39.1 Å². The van der Waals surface area contributed by atoms with Gasteiger partial charge in [-0.3, -0.25) is 14.5 Å². The van der Waals surface area contributed by atoms with Crippen molar-refractivity contribution in [2.24, 2.45) is 0 Å². The van der Waals surface area contributed by atoms with Crippen molar-refractivity contribution in [3.63, 3.8) is 0 Å². The number of anilines is 1. The molecule has 1 aromatic carbocycles. The second-order valence-corrected chi connectivity index (χ2v) is 8.77. The molecule has 0 aromatic heterocycles. The summed E-state index contributed by atoms with van der Waals surface area (Å²) in [5, 5.41) is 2.83. The van der Waals surface area contributed by atoms with Crippen LogP contribution in [0.4, 0.5) is 5.69 Å². The molecule has 0 saturated heterocycles. The number of carbonyl (C=O) groups is 2. The van der Waals surface area contributed by atoms with Crippen LogP contribution in [0.2, 0.25) is 5.02 Å². The number of sulfonamides is 1. The molecule has 152 valence electrons. The van der Waals surface area contributed by atoms with Gasteiger partial charge in [0.15, 0.2) is 0 Å². The molecule has 0 unspecified atom stereocenters. The number of halogens is 1. The molecule has 0 heterocycles. The molecule has 0 atom stereocenters. The minimum atomic E-state index is -3.64. The Morgan fingerprint density at radius 3 is 2.19 bits per heavy atom. The summed E-state index contributed by atoms with van der Waals surface area (Å²) in [6.45, 7) is 5.08. The van der Waals surface area contributed by atoms with Crippen LogP contribution >= 0.6 is 11.6 Å². The van der Waals surface area contributed by atoms with Crippen LogP contribution in [-0.4, -0.2) is 81.7 Å². The third-order valence-electron chi connectivity index (χ3n) is 3.93. The van der Waals surface area contributed by atoms with Crippen molar-refractivity contribution < 1.29 is 18.0 Å². The number of benzene rings is 1. The number of nitrogens with one attached hydrogen (secondary N) is 1. The Labute approximate surface area is 166 Å². The standard InChI is InChI=1S/C17H27ClN4O4S/c1-6-22(7-2)17(24)12-21(5)11-16(23)19-15-10-13(8-9-14(15)18)27(25,26)20(3)4/h8-10H,6-7,11-12H2,1-5H3,(H,19,23). The number of likely N-dealkylation sites (N-methyl/N-ethyl adjacent to an activating group) is 2. The van der Waals surface area contributed by atoms with Gasteiger partial charge in [-0.15, -0.1) is 0 Å². The van der Waals surface area contributed by atoms with Crippen molar-refractivity contribution in [3.05, 3.63) is 23.2 Å². The first-order valence-corrected chi connectivity index (χ1v) is 10.3. The SMILES string of the molecule is CCN(CC)C(=O)CN(C)CC(=O)Nc1cc(S(=O)(=O)N(C)C)ccc1Cl. The molecule has 0 aliphatic heterocycles. The van der Waals surface area contributed by atoms with E-state index >= 15 is 0 Å². The molecule has 1 aromatic rings. The zero-order valence-electron chi connectivity index (χ0n) is 16.3. The summed E-state index contributed by atoms with van der Waals surface area (Å²) < 4.78 is 25.5. The van der Waals surface area contributed by atoms with Gasteiger partial charge >= 0.3 is 0 Å². The molecule has 0 bridgehead atoms. The van der Waals surface area contributed by atoms with Crippen LogP contribution in [-0.2, 0) is 19.6 Å². The zero-order valence-corrected chi connectivity index (χ0v) is 17.9. The average Bonchev–Trinajstić information content (AvgIpc) is 2.57. The molecule has 0 radical (unpaired) electrons. The predicted molar refractivity (Wildman–Crippen MR) is 106 cm³/mol. The van der Waals surface area contributed by atoms with Crippen LogP contribution in [0.3, 0.4) is 0 Å². The van der Waals surface area contributed by atoms with Crippen molar-refractivity contribution in [3.8, 4) is 0 Å². The highest BCUT2D eigenvalue weighted by molar-refractivity contribution is 7.89. The molecule has 1 N–H and O–H groups in total. The van der Waals surface area contributed by atoms with Gasteiger partial charge in [0, 0.05) is 27.2 Å². The number of nitrogens with zero attached hydrogens (tertiary/aromatic N) is 3. The van der Waals surface area contributed by atoms with Gasteiger partial charge in [0.25, 0.3) is 0 Å². The van der Waals surface area contributed by atoms with E-state index < -0.39 is 15.9 Å². The lowest BCUT2D eigenvalue weighted by Gasteiger charge is -2.22. The predicted octanol–water partition coefficient (Wildman–Crippen LogP) is 1.33. The van der Waals surface area contributed by atoms with E-state index in [1.807, 2.05) is 13.8 Å². The Morgan fingerprint density at radius 1 is 1.07 bits per heavy atom. The van der Waals surface area contributed by atoms with E-state index in [9.17, 15) is 18.0 Å². The molecule has 27 heavy (non-hydrogen) atoms. The lowest BCUT2D eigenvalue weighted by Crippen LogP contribution is -2.41. The summed E-state index contributed by atoms with van der Waals surface area (Å²) in [7, 11) is 0.860. The smallest absolute Gasteiger partial charge is 0.242 e. The van der Waals surface area contributed by atoms with E-state index in [0.717, 1.165) is 4.31 Å². The Bertz CT molecular complexity index is 779. The van der Waals surface area contributed by atoms with Crippen LogP contribution in [0.5, 0.6) is 0 Å². The molecular weight excluding hydrogens is 392 g/mol. The van der Waals surface area contributed by atoms with Crippen molar-refractivity contribution in [2.75, 3.05) is 52.6 Å². The third-order valence-corrected chi connectivity index (χ3v) is 6.07. The van der Waals surface area contributed by atoms with E-state index in [4.69, 9.17) is 11.6 Å². The van der Waals surface area contributed by atoms with Gasteiger partial charge in [0.05, 0.1) is 28.7 Å². The van der Waals surface area contributed by atoms with Crippen LogP contribution in [0.25, 0.3) is 0 Å². The van der Waals surface area contributed by atoms with Gasteiger partial charge in [0.2, 0.25) is 21.8 Å². The van der Waals surface area contributed by atoms with E-state index in [-0.39, 0.29) is 34.6 Å². The number of amides is 2. The first kappa shape index (κ1) is 23.4. The lowest BCUT2D eigenvalue weighted by atomic mass is 10.3. The Balaban J connectivity index is 2.81. The van der Waals surface area contributed by atoms with Gasteiger partial charge in [-0.2, -0.15) is 0 Å². The maximum absolute atomic E-state index is 12.3. The van der Waals surface area contributed by atoms with Crippen molar-refractivity contribution >= 4 is 39.1 Å². The van der Waals surface area contributed by atoms with E-state index in [0.29, 0.717) is 13.1 Å². The van der Waals surface area contributed by atoms with Gasteiger partial charge in [-0.25, -0.2) is 12.7 Å². The first-order valence-electron chi connectivity index (χ1n) is 8.51. The highest BCUT2D eigenvalue weighted by Crippen LogP contribution is 2.26. The molecule has 1 rings (SSSR count). The van der Waals surface area contributed by atoms with Crippen LogP contribution in [0.1, 0.15) is 13.8 Å². The summed E-state index contributed by atoms with van der Waals surface area (Å²) in [6, 6.07) is 4.11. The maximum atomic E-state index is 12.3. The van der Waals surface area contributed by atoms with Crippen molar-refractivity contribution in [2.45, 2.75) is 18.7 Å². The highest BCUT2D eigenvalue weighted by Gasteiger charge is 2.20. The zero-order chi connectivity index (χ0) is 20.8. The van der Waals surface area contributed by atoms with Crippen LogP contribution in [0, 0.1) is 0 Å².